The molecule has 0 bridgehead atoms. The number of ether oxygens (including phenoxy) is 1. The van der Waals surface area contributed by atoms with Crippen molar-refractivity contribution in [1.29, 1.82) is 0 Å². The normalized spacial score (nSPS) is 12.5. The van der Waals surface area contributed by atoms with Gasteiger partial charge in [0, 0.05) is 35.6 Å². The van der Waals surface area contributed by atoms with E-state index < -0.39 is 5.97 Å². The number of anilines is 1. The first-order valence-electron chi connectivity index (χ1n) is 12.0. The van der Waals surface area contributed by atoms with Crippen LogP contribution in [-0.2, 0) is 9.59 Å². The Balaban J connectivity index is 1.71. The van der Waals surface area contributed by atoms with Gasteiger partial charge in [-0.05, 0) is 67.7 Å². The number of rotatable bonds is 12. The van der Waals surface area contributed by atoms with Crippen LogP contribution in [-0.4, -0.2) is 28.2 Å². The van der Waals surface area contributed by atoms with Crippen LogP contribution in [0.15, 0.2) is 60.8 Å². The predicted molar refractivity (Wildman–Crippen MR) is 137 cm³/mol. The van der Waals surface area contributed by atoms with Gasteiger partial charge in [-0.15, -0.1) is 0 Å². The topological polar surface area (TPSA) is 80.6 Å². The van der Waals surface area contributed by atoms with Crippen molar-refractivity contribution < 1.29 is 19.4 Å². The molecule has 6 nitrogen and oxygen atoms in total. The minimum atomic E-state index is -0.855. The number of carboxylic acids is 1. The second kappa shape index (κ2) is 12.1. The molecule has 1 unspecified atom stereocenters. The zero-order valence-electron chi connectivity index (χ0n) is 20.2. The SMILES string of the molecule is CCCC(CC)n1ccc2cc(/C(C)=C/C(=O)Nc3ccccc3OCCCC(=O)O)ccc21. The maximum Gasteiger partial charge on any atom is 0.303 e. The van der Waals surface area contributed by atoms with Crippen LogP contribution < -0.4 is 10.1 Å². The largest absolute Gasteiger partial charge is 0.491 e. The molecule has 3 aromatic rings. The Morgan fingerprint density at radius 3 is 2.68 bits per heavy atom. The van der Waals surface area contributed by atoms with Gasteiger partial charge in [-0.3, -0.25) is 9.59 Å². The zero-order valence-corrected chi connectivity index (χ0v) is 20.2. The molecule has 0 aliphatic heterocycles. The van der Waals surface area contributed by atoms with Crippen LogP contribution in [0.4, 0.5) is 5.69 Å². The van der Waals surface area contributed by atoms with E-state index in [9.17, 15) is 9.59 Å². The lowest BCUT2D eigenvalue weighted by molar-refractivity contribution is -0.137. The van der Waals surface area contributed by atoms with E-state index in [1.165, 1.54) is 10.9 Å². The van der Waals surface area contributed by atoms with E-state index in [4.69, 9.17) is 9.84 Å². The van der Waals surface area contributed by atoms with Gasteiger partial charge in [0.15, 0.2) is 0 Å². The second-order valence-corrected chi connectivity index (χ2v) is 8.51. The summed E-state index contributed by atoms with van der Waals surface area (Å²) in [7, 11) is 0. The highest BCUT2D eigenvalue weighted by Gasteiger charge is 2.12. The van der Waals surface area contributed by atoms with Crippen LogP contribution in [0.2, 0.25) is 0 Å². The van der Waals surface area contributed by atoms with Gasteiger partial charge in [0.25, 0.3) is 0 Å². The van der Waals surface area contributed by atoms with Crippen molar-refractivity contribution in [2.24, 2.45) is 0 Å². The second-order valence-electron chi connectivity index (χ2n) is 8.51. The fraction of sp³-hybridized carbons (Fsp3) is 0.357. The number of hydrogen-bond donors (Lipinski definition) is 2. The highest BCUT2D eigenvalue weighted by Crippen LogP contribution is 2.28. The number of hydrogen-bond acceptors (Lipinski definition) is 3. The first-order valence-corrected chi connectivity index (χ1v) is 12.0. The Bertz CT molecular complexity index is 1160. The number of carbonyl (C=O) groups excluding carboxylic acids is 1. The molecule has 0 spiro atoms. The van der Waals surface area contributed by atoms with Gasteiger partial charge in [0.2, 0.25) is 5.91 Å². The van der Waals surface area contributed by atoms with Crippen LogP contribution >= 0.6 is 0 Å². The number of aliphatic carboxylic acids is 1. The van der Waals surface area contributed by atoms with Crippen molar-refractivity contribution >= 4 is 34.0 Å². The molecule has 1 atom stereocenters. The number of nitrogens with zero attached hydrogens (tertiary/aromatic N) is 1. The molecule has 6 heteroatoms. The van der Waals surface area contributed by atoms with Crippen molar-refractivity contribution in [1.82, 2.24) is 4.57 Å². The van der Waals surface area contributed by atoms with Gasteiger partial charge in [-0.1, -0.05) is 38.5 Å². The van der Waals surface area contributed by atoms with Crippen molar-refractivity contribution in [3.8, 4) is 5.75 Å². The summed E-state index contributed by atoms with van der Waals surface area (Å²) in [5.41, 5.74) is 3.64. The number of para-hydroxylation sites is 2. The first-order chi connectivity index (χ1) is 16.4. The Morgan fingerprint density at radius 2 is 1.94 bits per heavy atom. The monoisotopic (exact) mass is 462 g/mol. The zero-order chi connectivity index (χ0) is 24.5. The molecule has 1 heterocycles. The van der Waals surface area contributed by atoms with Crippen molar-refractivity contribution in [2.75, 3.05) is 11.9 Å². The van der Waals surface area contributed by atoms with E-state index in [1.807, 2.05) is 19.1 Å². The third kappa shape index (κ3) is 6.50. The van der Waals surface area contributed by atoms with Crippen LogP contribution in [0, 0.1) is 0 Å². The van der Waals surface area contributed by atoms with Gasteiger partial charge in [0.05, 0.1) is 12.3 Å². The van der Waals surface area contributed by atoms with Crippen LogP contribution in [0.1, 0.15) is 64.5 Å². The summed E-state index contributed by atoms with van der Waals surface area (Å²) < 4.78 is 8.04. The van der Waals surface area contributed by atoms with Gasteiger partial charge in [-0.2, -0.15) is 0 Å². The first kappa shape index (κ1) is 25.1. The molecule has 0 radical (unpaired) electrons. The molecule has 0 saturated heterocycles. The molecule has 0 saturated carbocycles. The molecule has 2 aromatic carbocycles. The summed E-state index contributed by atoms with van der Waals surface area (Å²) in [6, 6.07) is 16.1. The third-order valence-corrected chi connectivity index (χ3v) is 5.95. The molecule has 1 aromatic heterocycles. The number of nitrogens with one attached hydrogen (secondary N) is 1. The predicted octanol–water partition coefficient (Wildman–Crippen LogP) is 6.68. The Kier molecular flexibility index (Phi) is 8.91. The molecule has 2 N–H and O–H groups in total. The lowest BCUT2D eigenvalue weighted by Crippen LogP contribution is -2.11. The molecular weight excluding hydrogens is 428 g/mol. The minimum absolute atomic E-state index is 0.0435. The molecule has 1 amide bonds. The fourth-order valence-electron chi connectivity index (χ4n) is 4.15. The number of fused-ring (bicyclic) bond motifs is 1. The maximum atomic E-state index is 12.7. The number of aromatic nitrogens is 1. The average Bonchev–Trinajstić information content (AvgIpc) is 3.24. The molecule has 0 aliphatic carbocycles. The number of benzene rings is 2. The molecule has 34 heavy (non-hydrogen) atoms. The smallest absolute Gasteiger partial charge is 0.303 e. The Hall–Kier alpha value is -3.54. The molecule has 180 valence electrons. The van der Waals surface area contributed by atoms with Crippen molar-refractivity contribution in [3.05, 3.63) is 66.4 Å². The average molecular weight is 463 g/mol. The maximum absolute atomic E-state index is 12.7. The van der Waals surface area contributed by atoms with E-state index in [0.717, 1.165) is 30.4 Å². The van der Waals surface area contributed by atoms with Gasteiger partial charge >= 0.3 is 5.97 Å². The van der Waals surface area contributed by atoms with Crippen molar-refractivity contribution in [3.63, 3.8) is 0 Å². The molecule has 3 rings (SSSR count). The highest BCUT2D eigenvalue weighted by atomic mass is 16.5. The van der Waals surface area contributed by atoms with Crippen LogP contribution in [0.25, 0.3) is 16.5 Å². The summed E-state index contributed by atoms with van der Waals surface area (Å²) >= 11 is 0. The molecule has 0 fully saturated rings. The number of carboxylic acid groups (broad SMARTS) is 1. The number of amides is 1. The van der Waals surface area contributed by atoms with E-state index in [-0.39, 0.29) is 18.9 Å². The summed E-state index contributed by atoms with van der Waals surface area (Å²) in [5, 5.41) is 12.8. The Labute approximate surface area is 201 Å². The van der Waals surface area contributed by atoms with E-state index >= 15 is 0 Å². The summed E-state index contributed by atoms with van der Waals surface area (Å²) in [6.07, 6.45) is 7.61. The molecular formula is C28H34N2O4. The van der Waals surface area contributed by atoms with Crippen molar-refractivity contribution in [2.45, 2.75) is 58.9 Å². The number of carbonyl (C=O) groups is 2. The third-order valence-electron chi connectivity index (χ3n) is 5.95. The summed E-state index contributed by atoms with van der Waals surface area (Å²) in [5.74, 6) is -0.579. The summed E-state index contributed by atoms with van der Waals surface area (Å²) in [4.78, 5) is 23.4. The van der Waals surface area contributed by atoms with Crippen LogP contribution in [0.3, 0.4) is 0 Å². The van der Waals surface area contributed by atoms with E-state index in [2.05, 4.69) is 54.2 Å². The van der Waals surface area contributed by atoms with Gasteiger partial charge in [-0.25, -0.2) is 0 Å². The Morgan fingerprint density at radius 1 is 1.15 bits per heavy atom. The minimum Gasteiger partial charge on any atom is -0.491 e. The standard InChI is InChI=1S/C28H34N2O4/c1-4-9-23(5-2)30-16-15-22-19-21(13-14-25(22)30)20(3)18-27(31)29-24-10-6-7-11-26(24)34-17-8-12-28(32)33/h6-7,10-11,13-16,18-19,23H,4-5,8-9,12,17H2,1-3H3,(H,29,31)(H,32,33)/b20-18+. The quantitative estimate of drug-likeness (QED) is 0.232. The molecule has 0 aliphatic rings. The van der Waals surface area contributed by atoms with Crippen LogP contribution in [0.5, 0.6) is 5.75 Å². The lowest BCUT2D eigenvalue weighted by atomic mass is 10.0. The van der Waals surface area contributed by atoms with Gasteiger partial charge in [0.1, 0.15) is 5.75 Å². The lowest BCUT2D eigenvalue weighted by Gasteiger charge is -2.18. The summed E-state index contributed by atoms with van der Waals surface area (Å²) in [6.45, 7) is 6.64. The van der Waals surface area contributed by atoms with Gasteiger partial charge < -0.3 is 19.7 Å². The fourth-order valence-corrected chi connectivity index (χ4v) is 4.15. The number of allylic oxidation sites excluding steroid dienone is 1. The van der Waals surface area contributed by atoms with E-state index in [0.29, 0.717) is 23.9 Å². The van der Waals surface area contributed by atoms with E-state index in [1.54, 1.807) is 18.2 Å². The highest BCUT2D eigenvalue weighted by molar-refractivity contribution is 6.04.